The maximum Gasteiger partial charge on any atom is 0.259 e. The predicted octanol–water partition coefficient (Wildman–Crippen LogP) is -0.264. The molecule has 0 aromatic rings. The van der Waals surface area contributed by atoms with E-state index in [0.717, 1.165) is 13.1 Å². The van der Waals surface area contributed by atoms with Gasteiger partial charge in [0.2, 0.25) is 0 Å². The summed E-state index contributed by atoms with van der Waals surface area (Å²) in [6, 6.07) is 0. The minimum absolute atomic E-state index is 1.16. The molecule has 0 fully saturated rings. The smallest absolute Gasteiger partial charge is 0.254 e. The molecule has 0 saturated carbocycles. The minimum atomic E-state index is -2.91. The van der Waals surface area contributed by atoms with Crippen molar-refractivity contribution in [2.45, 2.75) is 13.6 Å². The lowest BCUT2D eigenvalue weighted by Gasteiger charge is -1.86. The summed E-state index contributed by atoms with van der Waals surface area (Å²) < 4.78 is 20.5. The van der Waals surface area contributed by atoms with E-state index in [1.54, 1.807) is 0 Å². The Morgan fingerprint density at radius 2 is 1.43 bits per heavy atom. The second-order valence-electron chi connectivity index (χ2n) is 1.06. The van der Waals surface area contributed by atoms with Gasteiger partial charge in [0.05, 0.1) is 9.54 Å². The molecule has 0 rings (SSSR count). The van der Waals surface area contributed by atoms with Crippen LogP contribution in [-0.2, 0) is 9.54 Å². The molecule has 0 aromatic heterocycles. The van der Waals surface area contributed by atoms with Gasteiger partial charge in [-0.3, -0.25) is 8.42 Å². The van der Waals surface area contributed by atoms with Crippen molar-refractivity contribution in [2.24, 2.45) is 0 Å². The molecule has 0 N–H and O–H groups in total. The van der Waals surface area contributed by atoms with Crippen LogP contribution >= 0.6 is 0 Å². The lowest BCUT2D eigenvalue weighted by Crippen LogP contribution is -2.11. The van der Waals surface area contributed by atoms with Crippen LogP contribution < -0.4 is 0 Å². The first-order valence-corrected chi connectivity index (χ1v) is 3.57. The van der Waals surface area contributed by atoms with E-state index in [2.05, 4.69) is 0 Å². The fourth-order valence-electron chi connectivity index (χ4n) is 0.136. The highest BCUT2D eigenvalue weighted by Gasteiger charge is 2.03. The summed E-state index contributed by atoms with van der Waals surface area (Å²) in [5.74, 6) is 0. The van der Waals surface area contributed by atoms with Crippen molar-refractivity contribution < 1.29 is 8.42 Å². The maximum absolute atomic E-state index is 10.3. The van der Waals surface area contributed by atoms with Crippen molar-refractivity contribution in [3.05, 3.63) is 0 Å². The van der Waals surface area contributed by atoms with Crippen LogP contribution in [0.1, 0.15) is 0 Å². The molecular formula is C2H6B2O2S. The predicted molar refractivity (Wildman–Crippen MR) is 32.2 cm³/mol. The highest BCUT2D eigenvalue weighted by Crippen LogP contribution is 1.78. The maximum atomic E-state index is 10.3. The highest BCUT2D eigenvalue weighted by atomic mass is 32.2. The van der Waals surface area contributed by atoms with Gasteiger partial charge in [-0.2, -0.15) is 0 Å². The van der Waals surface area contributed by atoms with Crippen LogP contribution in [0.5, 0.6) is 0 Å². The van der Waals surface area contributed by atoms with Crippen LogP contribution in [0.15, 0.2) is 0 Å². The Morgan fingerprint density at radius 3 is 1.43 bits per heavy atom. The van der Waals surface area contributed by atoms with Crippen LogP contribution in [0.3, 0.4) is 0 Å². The molecule has 0 saturated heterocycles. The van der Waals surface area contributed by atoms with E-state index in [4.69, 9.17) is 0 Å². The number of rotatable bonds is 2. The normalized spacial score (nSPS) is 10.6. The van der Waals surface area contributed by atoms with E-state index >= 15 is 0 Å². The lowest BCUT2D eigenvalue weighted by molar-refractivity contribution is 0.620. The summed E-state index contributed by atoms with van der Waals surface area (Å²) in [5.41, 5.74) is 0. The Hall–Kier alpha value is 0.0799. The zero-order valence-electron chi connectivity index (χ0n) is 4.38. The van der Waals surface area contributed by atoms with Crippen LogP contribution in [0.4, 0.5) is 0 Å². The topological polar surface area (TPSA) is 34.1 Å². The van der Waals surface area contributed by atoms with Gasteiger partial charge in [0.1, 0.15) is 0 Å². The van der Waals surface area contributed by atoms with Crippen molar-refractivity contribution in [3.8, 4) is 0 Å². The van der Waals surface area contributed by atoms with Gasteiger partial charge in [-0.05, 0) is 0 Å². The van der Waals surface area contributed by atoms with Crippen LogP contribution in [0.2, 0.25) is 13.6 Å². The van der Waals surface area contributed by atoms with Crippen molar-refractivity contribution >= 4 is 22.7 Å². The average Bonchev–Trinajstić information content (AvgIpc) is 1.68. The fraction of sp³-hybridized carbons (Fsp3) is 1.00. The standard InChI is InChI=1S/C2H6B2O2S/c1-3-7(5,6)4-2/h1-2H3. The first-order chi connectivity index (χ1) is 3.12. The molecule has 0 spiro atoms. The van der Waals surface area contributed by atoms with Crippen molar-refractivity contribution in [1.29, 1.82) is 0 Å². The molecule has 0 aliphatic heterocycles. The lowest BCUT2D eigenvalue weighted by atomic mass is 10.2. The SMILES string of the molecule is C[B]S(=O)(=O)[B]C. The van der Waals surface area contributed by atoms with Gasteiger partial charge in [0.15, 0.2) is 0 Å². The monoisotopic (exact) mass is 116 g/mol. The van der Waals surface area contributed by atoms with Crippen LogP contribution in [-0.4, -0.2) is 21.5 Å². The average molecular weight is 116 g/mol. The Morgan fingerprint density at radius 1 is 1.14 bits per heavy atom. The minimum Gasteiger partial charge on any atom is -0.254 e. The van der Waals surface area contributed by atoms with E-state index < -0.39 is 9.54 Å². The summed E-state index contributed by atoms with van der Waals surface area (Å²) >= 11 is 0. The Kier molecular flexibility index (Phi) is 2.43. The zero-order valence-corrected chi connectivity index (χ0v) is 5.20. The van der Waals surface area contributed by atoms with Crippen molar-refractivity contribution in [1.82, 2.24) is 0 Å². The van der Waals surface area contributed by atoms with Gasteiger partial charge in [0.25, 0.3) is 13.1 Å². The number of hydrogen-bond acceptors (Lipinski definition) is 2. The molecule has 2 nitrogen and oxygen atoms in total. The van der Waals surface area contributed by atoms with E-state index in [9.17, 15) is 8.42 Å². The van der Waals surface area contributed by atoms with Gasteiger partial charge in [0, 0.05) is 0 Å². The van der Waals surface area contributed by atoms with Crippen molar-refractivity contribution in [3.63, 3.8) is 0 Å². The summed E-state index contributed by atoms with van der Waals surface area (Å²) in [6.07, 6.45) is 0. The molecule has 5 heteroatoms. The van der Waals surface area contributed by atoms with Crippen LogP contribution in [0, 0.1) is 0 Å². The molecule has 0 heterocycles. The molecule has 0 amide bonds. The van der Waals surface area contributed by atoms with E-state index in [0.29, 0.717) is 0 Å². The van der Waals surface area contributed by atoms with Gasteiger partial charge in [-0.25, -0.2) is 0 Å². The Labute approximate surface area is 45.5 Å². The van der Waals surface area contributed by atoms with E-state index in [1.165, 1.54) is 13.6 Å². The molecule has 0 aromatic carbocycles. The second-order valence-corrected chi connectivity index (χ2v) is 3.18. The quantitative estimate of drug-likeness (QED) is 0.465. The Balaban J connectivity index is 3.89. The third kappa shape index (κ3) is 2.74. The molecule has 0 atom stereocenters. The van der Waals surface area contributed by atoms with Gasteiger partial charge in [-0.15, -0.1) is 0 Å². The Bertz CT molecular complexity index is 117. The molecule has 0 aliphatic carbocycles. The van der Waals surface area contributed by atoms with Gasteiger partial charge in [-0.1, -0.05) is 13.6 Å². The molecular weight excluding hydrogens is 110 g/mol. The molecule has 2 radical (unpaired) electrons. The largest absolute Gasteiger partial charge is 0.259 e. The van der Waals surface area contributed by atoms with Gasteiger partial charge >= 0.3 is 0 Å². The second kappa shape index (κ2) is 2.40. The number of hydrogen-bond donors (Lipinski definition) is 0. The zero-order chi connectivity index (χ0) is 5.91. The third-order valence-corrected chi connectivity index (χ3v) is 1.97. The van der Waals surface area contributed by atoms with E-state index in [-0.39, 0.29) is 0 Å². The molecule has 0 aliphatic rings. The summed E-state index contributed by atoms with van der Waals surface area (Å²) in [6.45, 7) is 5.31. The first-order valence-electron chi connectivity index (χ1n) is 1.96. The first kappa shape index (κ1) is 7.08. The fourth-order valence-corrected chi connectivity index (χ4v) is 0.408. The van der Waals surface area contributed by atoms with E-state index in [1.807, 2.05) is 0 Å². The molecule has 38 valence electrons. The summed E-state index contributed by atoms with van der Waals surface area (Å²) in [5, 5.41) is 0. The highest BCUT2D eigenvalue weighted by molar-refractivity contribution is 8.33. The summed E-state index contributed by atoms with van der Waals surface area (Å²) in [4.78, 5) is 0. The van der Waals surface area contributed by atoms with Crippen LogP contribution in [0.25, 0.3) is 0 Å². The van der Waals surface area contributed by atoms with Gasteiger partial charge < -0.3 is 0 Å². The summed E-state index contributed by atoms with van der Waals surface area (Å²) in [7, 11) is -2.91. The van der Waals surface area contributed by atoms with Crippen molar-refractivity contribution in [2.75, 3.05) is 0 Å². The molecule has 0 bridgehead atoms. The molecule has 0 unspecified atom stereocenters. The molecule has 7 heavy (non-hydrogen) atoms. The third-order valence-electron chi connectivity index (χ3n) is 0.657.